The third-order valence-corrected chi connectivity index (χ3v) is 7.06. The van der Waals surface area contributed by atoms with Gasteiger partial charge in [-0.25, -0.2) is 4.99 Å². The first-order valence-corrected chi connectivity index (χ1v) is 12.9. The van der Waals surface area contributed by atoms with Crippen LogP contribution in [0.5, 0.6) is 11.5 Å². The highest BCUT2D eigenvalue weighted by Gasteiger charge is 2.35. The van der Waals surface area contributed by atoms with Crippen molar-refractivity contribution in [3.63, 3.8) is 0 Å². The molecular weight excluding hydrogens is 484 g/mol. The first kappa shape index (κ1) is 26.2. The van der Waals surface area contributed by atoms with Gasteiger partial charge in [0.15, 0.2) is 16.7 Å². The Labute approximate surface area is 222 Å². The maximum atomic E-state index is 13.7. The van der Waals surface area contributed by atoms with Crippen LogP contribution in [0.3, 0.4) is 0 Å². The topological polar surface area (TPSA) is 68.2 Å². The number of aryl methyl sites for hydroxylation is 4. The minimum atomic E-state index is -0.426. The molecular formula is C30H30N2O4S. The van der Waals surface area contributed by atoms with Crippen LogP contribution in [-0.2, 0) is 9.59 Å². The Kier molecular flexibility index (Phi) is 7.83. The lowest BCUT2D eigenvalue weighted by Crippen LogP contribution is -2.28. The lowest BCUT2D eigenvalue weighted by Gasteiger charge is -2.17. The van der Waals surface area contributed by atoms with Crippen molar-refractivity contribution in [3.05, 3.63) is 87.3 Å². The van der Waals surface area contributed by atoms with Gasteiger partial charge in [-0.15, -0.1) is 0 Å². The number of benzene rings is 3. The van der Waals surface area contributed by atoms with Crippen molar-refractivity contribution in [1.82, 2.24) is 0 Å². The molecule has 190 valence electrons. The standard InChI is InChI=1S/C30H30N2O4S/c1-7-35-27-16-23(10-13-26(27)36-22(6)33)17-28-29(34)32(25-12-9-19(3)21(5)15-25)30(37-28)31-24-11-8-18(2)20(4)14-24/h8-17H,7H2,1-6H3/b28-17-,31-30?. The van der Waals surface area contributed by atoms with Gasteiger partial charge in [0.05, 0.1) is 22.9 Å². The van der Waals surface area contributed by atoms with E-state index in [2.05, 4.69) is 6.92 Å². The van der Waals surface area contributed by atoms with Gasteiger partial charge in [0, 0.05) is 6.92 Å². The molecule has 1 saturated heterocycles. The zero-order valence-corrected chi connectivity index (χ0v) is 22.7. The van der Waals surface area contributed by atoms with Crippen LogP contribution >= 0.6 is 11.8 Å². The Morgan fingerprint density at radius 3 is 2.27 bits per heavy atom. The third kappa shape index (κ3) is 5.94. The lowest BCUT2D eigenvalue weighted by molar-refractivity contribution is -0.132. The van der Waals surface area contributed by atoms with Crippen molar-refractivity contribution < 1.29 is 19.1 Å². The van der Waals surface area contributed by atoms with Crippen molar-refractivity contribution in [2.24, 2.45) is 4.99 Å². The largest absolute Gasteiger partial charge is 0.490 e. The number of ether oxygens (including phenoxy) is 2. The highest BCUT2D eigenvalue weighted by Crippen LogP contribution is 2.39. The second-order valence-corrected chi connectivity index (χ2v) is 9.92. The Bertz CT molecular complexity index is 1440. The Morgan fingerprint density at radius 2 is 1.62 bits per heavy atom. The number of carbonyl (C=O) groups excluding carboxylic acids is 2. The van der Waals surface area contributed by atoms with Crippen molar-refractivity contribution in [3.8, 4) is 11.5 Å². The molecule has 1 aliphatic heterocycles. The zero-order valence-electron chi connectivity index (χ0n) is 21.9. The summed E-state index contributed by atoms with van der Waals surface area (Å²) in [4.78, 5) is 32.2. The number of thioether (sulfide) groups is 1. The number of hydrogen-bond acceptors (Lipinski definition) is 6. The van der Waals surface area contributed by atoms with E-state index in [0.29, 0.717) is 28.2 Å². The molecule has 0 saturated carbocycles. The van der Waals surface area contributed by atoms with Crippen molar-refractivity contribution >= 4 is 46.3 Å². The average molecular weight is 515 g/mol. The third-order valence-electron chi connectivity index (χ3n) is 6.09. The normalized spacial score (nSPS) is 15.5. The molecule has 0 N–H and O–H groups in total. The maximum Gasteiger partial charge on any atom is 0.308 e. The summed E-state index contributed by atoms with van der Waals surface area (Å²) in [5, 5.41) is 0.587. The van der Waals surface area contributed by atoms with E-state index in [9.17, 15) is 9.59 Å². The first-order chi connectivity index (χ1) is 17.7. The molecule has 1 aliphatic rings. The van der Waals surface area contributed by atoms with Crippen LogP contribution in [0.15, 0.2) is 64.5 Å². The minimum absolute atomic E-state index is 0.155. The van der Waals surface area contributed by atoms with Crippen molar-refractivity contribution in [2.75, 3.05) is 11.5 Å². The number of carbonyl (C=O) groups is 2. The van der Waals surface area contributed by atoms with E-state index in [1.807, 2.05) is 70.2 Å². The van der Waals surface area contributed by atoms with Crippen LogP contribution in [0.1, 0.15) is 41.7 Å². The quantitative estimate of drug-likeness (QED) is 0.200. The number of rotatable bonds is 6. The van der Waals surface area contributed by atoms with Gasteiger partial charge in [-0.1, -0.05) is 18.2 Å². The van der Waals surface area contributed by atoms with Crippen molar-refractivity contribution in [1.29, 1.82) is 0 Å². The molecule has 4 rings (SSSR count). The minimum Gasteiger partial charge on any atom is -0.490 e. The fourth-order valence-electron chi connectivity index (χ4n) is 3.82. The molecule has 1 heterocycles. The van der Waals surface area contributed by atoms with Crippen LogP contribution < -0.4 is 14.4 Å². The average Bonchev–Trinajstić information content (AvgIpc) is 3.14. The van der Waals surface area contributed by atoms with Crippen LogP contribution in [0, 0.1) is 27.7 Å². The van der Waals surface area contributed by atoms with E-state index in [1.165, 1.54) is 24.2 Å². The summed E-state index contributed by atoms with van der Waals surface area (Å²) in [5.74, 6) is 0.204. The number of anilines is 1. The summed E-state index contributed by atoms with van der Waals surface area (Å²) >= 11 is 1.33. The number of aliphatic imine (C=N–C) groups is 1. The van der Waals surface area contributed by atoms with Crippen LogP contribution in [0.2, 0.25) is 0 Å². The predicted molar refractivity (Wildman–Crippen MR) is 151 cm³/mol. The molecule has 0 radical (unpaired) electrons. The number of hydrogen-bond donors (Lipinski definition) is 0. The Morgan fingerprint density at radius 1 is 0.919 bits per heavy atom. The lowest BCUT2D eigenvalue weighted by atomic mass is 10.1. The molecule has 0 unspecified atom stereocenters. The van der Waals surface area contributed by atoms with Crippen LogP contribution in [0.4, 0.5) is 11.4 Å². The molecule has 0 aromatic heterocycles. The van der Waals surface area contributed by atoms with Crippen LogP contribution in [0.25, 0.3) is 6.08 Å². The molecule has 0 aliphatic carbocycles. The van der Waals surface area contributed by atoms with E-state index in [0.717, 1.165) is 33.6 Å². The molecule has 0 spiro atoms. The molecule has 0 bridgehead atoms. The van der Waals surface area contributed by atoms with Gasteiger partial charge in [0.25, 0.3) is 5.91 Å². The maximum absolute atomic E-state index is 13.7. The number of nitrogens with zero attached hydrogens (tertiary/aromatic N) is 2. The molecule has 3 aromatic carbocycles. The second-order valence-electron chi connectivity index (χ2n) is 8.92. The fraction of sp³-hybridized carbons (Fsp3) is 0.233. The summed E-state index contributed by atoms with van der Waals surface area (Å²) in [6.07, 6.45) is 1.81. The highest BCUT2D eigenvalue weighted by molar-refractivity contribution is 8.19. The summed E-state index contributed by atoms with van der Waals surface area (Å²) in [5.41, 5.74) is 6.89. The molecule has 1 amide bonds. The smallest absolute Gasteiger partial charge is 0.308 e. The van der Waals surface area contributed by atoms with E-state index in [-0.39, 0.29) is 5.91 Å². The van der Waals surface area contributed by atoms with Gasteiger partial charge in [-0.3, -0.25) is 14.5 Å². The number of amides is 1. The molecule has 6 nitrogen and oxygen atoms in total. The summed E-state index contributed by atoms with van der Waals surface area (Å²) in [6.45, 7) is 11.8. The van der Waals surface area contributed by atoms with E-state index in [4.69, 9.17) is 14.5 Å². The molecule has 0 atom stereocenters. The van der Waals surface area contributed by atoms with Crippen molar-refractivity contribution in [2.45, 2.75) is 41.5 Å². The zero-order chi connectivity index (χ0) is 26.7. The predicted octanol–water partition coefficient (Wildman–Crippen LogP) is 7.05. The van der Waals surface area contributed by atoms with E-state index in [1.54, 1.807) is 23.1 Å². The number of esters is 1. The SMILES string of the molecule is CCOc1cc(/C=C2\SC(=Nc3ccc(C)c(C)c3)N(c3ccc(C)c(C)c3)C2=O)ccc1OC(C)=O. The Hall–Kier alpha value is -3.84. The molecule has 7 heteroatoms. The second kappa shape index (κ2) is 11.0. The fourth-order valence-corrected chi connectivity index (χ4v) is 4.82. The number of amidine groups is 1. The monoisotopic (exact) mass is 514 g/mol. The van der Waals surface area contributed by atoms with E-state index < -0.39 is 5.97 Å². The summed E-state index contributed by atoms with van der Waals surface area (Å²) in [6, 6.07) is 17.2. The van der Waals surface area contributed by atoms with Gasteiger partial charge in [-0.05, 0) is 117 Å². The first-order valence-electron chi connectivity index (χ1n) is 12.1. The van der Waals surface area contributed by atoms with Gasteiger partial charge in [-0.2, -0.15) is 0 Å². The molecule has 37 heavy (non-hydrogen) atoms. The van der Waals surface area contributed by atoms with Gasteiger partial charge in [0.1, 0.15) is 0 Å². The van der Waals surface area contributed by atoms with E-state index >= 15 is 0 Å². The molecule has 3 aromatic rings. The van der Waals surface area contributed by atoms with Gasteiger partial charge in [0.2, 0.25) is 0 Å². The summed E-state index contributed by atoms with van der Waals surface area (Å²) < 4.78 is 10.9. The van der Waals surface area contributed by atoms with Crippen LogP contribution in [-0.4, -0.2) is 23.7 Å². The highest BCUT2D eigenvalue weighted by atomic mass is 32.2. The summed E-state index contributed by atoms with van der Waals surface area (Å²) in [7, 11) is 0. The van der Waals surface area contributed by atoms with Gasteiger partial charge < -0.3 is 9.47 Å². The Balaban J connectivity index is 1.77. The van der Waals surface area contributed by atoms with Gasteiger partial charge >= 0.3 is 5.97 Å². The molecule has 1 fully saturated rings.